The monoisotopic (exact) mass is 511 g/mol. The predicted octanol–water partition coefficient (Wildman–Crippen LogP) is 3.63. The Morgan fingerprint density at radius 1 is 1.00 bits per heavy atom. The average molecular weight is 512 g/mol. The third kappa shape index (κ3) is 6.99. The Labute approximate surface area is 200 Å². The van der Waals surface area contributed by atoms with E-state index in [0.29, 0.717) is 17.4 Å². The molecule has 10 nitrogen and oxygen atoms in total. The average Bonchev–Trinajstić information content (AvgIpc) is 2.77. The molecule has 0 bridgehead atoms. The number of sulfonamides is 1. The molecule has 0 unspecified atom stereocenters. The first-order valence-corrected chi connectivity index (χ1v) is 12.0. The van der Waals surface area contributed by atoms with Gasteiger partial charge in [0.05, 0.1) is 17.9 Å². The van der Waals surface area contributed by atoms with Crippen LogP contribution in [-0.4, -0.2) is 39.2 Å². The molecule has 0 saturated heterocycles. The second-order valence-corrected chi connectivity index (χ2v) is 9.94. The smallest absolute Gasteiger partial charge is 0.386 e. The molecule has 0 fully saturated rings. The number of aliphatic hydroxyl groups is 1. The second kappa shape index (κ2) is 10.00. The molecular formula is C21H24F3N7O3S. The standard InChI is InChI=1S/C21H24F3N7O3S/c1-4-35(33,34)31-18-16(25-9-10-26-18)12-27-17-15(21(22,23)24)11-28-19(30-17)29-14-7-5-13(6-8-14)20(2,3)32/h5-11,32H,4,12H2,1-3H3,(H,26,31)(H2,27,28,29,30). The molecular weight excluding hydrogens is 487 g/mol. The van der Waals surface area contributed by atoms with Crippen molar-refractivity contribution in [1.82, 2.24) is 19.9 Å². The van der Waals surface area contributed by atoms with Gasteiger partial charge in [-0.3, -0.25) is 9.71 Å². The van der Waals surface area contributed by atoms with E-state index in [1.165, 1.54) is 19.3 Å². The Bertz CT molecular complexity index is 1280. The fourth-order valence-electron chi connectivity index (χ4n) is 2.84. The van der Waals surface area contributed by atoms with Gasteiger partial charge in [-0.05, 0) is 38.5 Å². The van der Waals surface area contributed by atoms with E-state index in [9.17, 15) is 26.7 Å². The fourth-order valence-corrected chi connectivity index (χ4v) is 3.45. The number of alkyl halides is 3. The van der Waals surface area contributed by atoms with E-state index in [2.05, 4.69) is 35.3 Å². The molecule has 14 heteroatoms. The first-order chi connectivity index (χ1) is 16.3. The van der Waals surface area contributed by atoms with Gasteiger partial charge >= 0.3 is 6.18 Å². The quantitative estimate of drug-likeness (QED) is 0.339. The summed E-state index contributed by atoms with van der Waals surface area (Å²) in [5.41, 5.74) is -0.940. The van der Waals surface area contributed by atoms with Crippen LogP contribution in [0.15, 0.2) is 42.9 Å². The van der Waals surface area contributed by atoms with E-state index in [4.69, 9.17) is 0 Å². The highest BCUT2D eigenvalue weighted by Gasteiger charge is 2.35. The van der Waals surface area contributed by atoms with Crippen LogP contribution in [0, 0.1) is 0 Å². The normalized spacial score (nSPS) is 12.3. The van der Waals surface area contributed by atoms with Crippen LogP contribution in [0.3, 0.4) is 0 Å². The van der Waals surface area contributed by atoms with Gasteiger partial charge in [0.15, 0.2) is 5.82 Å². The van der Waals surface area contributed by atoms with Crippen molar-refractivity contribution in [2.24, 2.45) is 0 Å². The van der Waals surface area contributed by atoms with Crippen LogP contribution >= 0.6 is 0 Å². The molecule has 2 aromatic heterocycles. The zero-order valence-corrected chi connectivity index (χ0v) is 19.9. The predicted molar refractivity (Wildman–Crippen MR) is 124 cm³/mol. The van der Waals surface area contributed by atoms with E-state index in [-0.39, 0.29) is 29.8 Å². The Balaban J connectivity index is 1.86. The van der Waals surface area contributed by atoms with Crippen LogP contribution in [0.1, 0.15) is 37.6 Å². The number of nitrogens with zero attached hydrogens (tertiary/aromatic N) is 4. The minimum absolute atomic E-state index is 0.0768. The lowest BCUT2D eigenvalue weighted by atomic mass is 9.98. The highest BCUT2D eigenvalue weighted by molar-refractivity contribution is 7.92. The summed E-state index contributed by atoms with van der Waals surface area (Å²) in [6.45, 7) is 4.39. The van der Waals surface area contributed by atoms with Crippen molar-refractivity contribution in [2.45, 2.75) is 39.1 Å². The summed E-state index contributed by atoms with van der Waals surface area (Å²) in [4.78, 5) is 15.6. The molecule has 0 amide bonds. The van der Waals surface area contributed by atoms with Crippen LogP contribution in [0.4, 0.5) is 36.4 Å². The summed E-state index contributed by atoms with van der Waals surface area (Å²) in [7, 11) is -3.67. The second-order valence-electron chi connectivity index (χ2n) is 7.93. The van der Waals surface area contributed by atoms with Crippen molar-refractivity contribution < 1.29 is 26.7 Å². The van der Waals surface area contributed by atoms with Gasteiger partial charge < -0.3 is 15.7 Å². The lowest BCUT2D eigenvalue weighted by molar-refractivity contribution is -0.137. The number of nitrogens with one attached hydrogen (secondary N) is 3. The van der Waals surface area contributed by atoms with Gasteiger partial charge in [-0.2, -0.15) is 18.2 Å². The summed E-state index contributed by atoms with van der Waals surface area (Å²) in [5.74, 6) is -0.956. The Morgan fingerprint density at radius 2 is 1.66 bits per heavy atom. The maximum Gasteiger partial charge on any atom is 0.421 e. The van der Waals surface area contributed by atoms with Gasteiger partial charge in [0.25, 0.3) is 0 Å². The van der Waals surface area contributed by atoms with Crippen molar-refractivity contribution in [2.75, 3.05) is 21.1 Å². The van der Waals surface area contributed by atoms with Crippen molar-refractivity contribution in [1.29, 1.82) is 0 Å². The summed E-state index contributed by atoms with van der Waals surface area (Å²) in [6, 6.07) is 6.59. The largest absolute Gasteiger partial charge is 0.421 e. The van der Waals surface area contributed by atoms with Crippen molar-refractivity contribution >= 4 is 33.3 Å². The minimum atomic E-state index is -4.75. The Kier molecular flexibility index (Phi) is 7.45. The van der Waals surface area contributed by atoms with E-state index in [0.717, 1.165) is 0 Å². The molecule has 0 saturated carbocycles. The van der Waals surface area contributed by atoms with Crippen molar-refractivity contribution in [3.05, 3.63) is 59.7 Å². The third-order valence-corrected chi connectivity index (χ3v) is 6.04. The molecule has 2 heterocycles. The molecule has 0 atom stereocenters. The van der Waals surface area contributed by atoms with Gasteiger partial charge in [0.2, 0.25) is 16.0 Å². The van der Waals surface area contributed by atoms with Crippen molar-refractivity contribution in [3.63, 3.8) is 0 Å². The molecule has 0 radical (unpaired) electrons. The Morgan fingerprint density at radius 3 is 2.26 bits per heavy atom. The summed E-state index contributed by atoms with van der Waals surface area (Å²) in [5, 5.41) is 15.4. The number of hydrogen-bond donors (Lipinski definition) is 4. The third-order valence-electron chi connectivity index (χ3n) is 4.77. The first kappa shape index (κ1) is 26.1. The number of anilines is 4. The van der Waals surface area contributed by atoms with Crippen LogP contribution in [0.5, 0.6) is 0 Å². The molecule has 4 N–H and O–H groups in total. The summed E-state index contributed by atoms with van der Waals surface area (Å²) < 4.78 is 66.7. The van der Waals surface area contributed by atoms with Gasteiger partial charge in [0, 0.05) is 24.3 Å². The highest BCUT2D eigenvalue weighted by Crippen LogP contribution is 2.34. The molecule has 35 heavy (non-hydrogen) atoms. The maximum absolute atomic E-state index is 13.6. The van der Waals surface area contributed by atoms with Crippen molar-refractivity contribution in [3.8, 4) is 0 Å². The number of benzene rings is 1. The van der Waals surface area contributed by atoms with Gasteiger partial charge in [-0.1, -0.05) is 12.1 Å². The molecule has 0 aliphatic rings. The van der Waals surface area contributed by atoms with Gasteiger partial charge in [0.1, 0.15) is 17.1 Å². The minimum Gasteiger partial charge on any atom is -0.386 e. The topological polar surface area (TPSA) is 142 Å². The van der Waals surface area contributed by atoms with E-state index in [1.807, 2.05) is 0 Å². The SMILES string of the molecule is CCS(=O)(=O)Nc1nccnc1CNc1nc(Nc2ccc(C(C)(C)O)cc2)ncc1C(F)(F)F. The van der Waals surface area contributed by atoms with Gasteiger partial charge in [-0.25, -0.2) is 18.4 Å². The van der Waals surface area contributed by atoms with Gasteiger partial charge in [-0.15, -0.1) is 0 Å². The maximum atomic E-state index is 13.6. The molecule has 188 valence electrons. The van der Waals surface area contributed by atoms with Crippen LogP contribution in [0.25, 0.3) is 0 Å². The van der Waals surface area contributed by atoms with E-state index < -0.39 is 33.2 Å². The van der Waals surface area contributed by atoms with Crippen LogP contribution in [0.2, 0.25) is 0 Å². The number of rotatable bonds is 9. The molecule has 0 spiro atoms. The van der Waals surface area contributed by atoms with Crippen LogP contribution < -0.4 is 15.4 Å². The fraction of sp³-hybridized carbons (Fsp3) is 0.333. The highest BCUT2D eigenvalue weighted by atomic mass is 32.2. The summed E-state index contributed by atoms with van der Waals surface area (Å²) >= 11 is 0. The Hall–Kier alpha value is -3.52. The van der Waals surface area contributed by atoms with Crippen LogP contribution in [-0.2, 0) is 28.3 Å². The molecule has 3 rings (SSSR count). The van der Waals surface area contributed by atoms with E-state index >= 15 is 0 Å². The molecule has 0 aliphatic heterocycles. The zero-order valence-electron chi connectivity index (χ0n) is 19.1. The number of hydrogen-bond acceptors (Lipinski definition) is 9. The lowest BCUT2D eigenvalue weighted by Crippen LogP contribution is -2.19. The zero-order chi connectivity index (χ0) is 25.9. The molecule has 1 aromatic carbocycles. The summed E-state index contributed by atoms with van der Waals surface area (Å²) in [6.07, 6.45) is -1.56. The van der Waals surface area contributed by atoms with E-state index in [1.54, 1.807) is 38.1 Å². The molecule has 3 aromatic rings. The molecule has 0 aliphatic carbocycles. The number of halogens is 3. The number of aromatic nitrogens is 4. The first-order valence-electron chi connectivity index (χ1n) is 10.4. The lowest BCUT2D eigenvalue weighted by Gasteiger charge is -2.18.